The average molecular weight is 581 g/mol. The van der Waals surface area contributed by atoms with E-state index in [1.807, 2.05) is 18.2 Å². The number of benzene rings is 2. The minimum atomic E-state index is -1.64. The molecule has 2 N–H and O–H groups in total. The summed E-state index contributed by atoms with van der Waals surface area (Å²) in [5, 5.41) is 17.0. The van der Waals surface area contributed by atoms with Crippen LogP contribution in [0.4, 0.5) is 0 Å². The summed E-state index contributed by atoms with van der Waals surface area (Å²) in [6, 6.07) is 23.0. The lowest BCUT2D eigenvalue weighted by atomic mass is 9.88. The van der Waals surface area contributed by atoms with Crippen molar-refractivity contribution in [2.24, 2.45) is 11.8 Å². The van der Waals surface area contributed by atoms with Gasteiger partial charge in [0.25, 0.3) is 0 Å². The predicted octanol–water partition coefficient (Wildman–Crippen LogP) is 6.38. The van der Waals surface area contributed by atoms with Crippen LogP contribution in [0.5, 0.6) is 0 Å². The highest BCUT2D eigenvalue weighted by atomic mass is 79.9. The molecule has 2 heterocycles. The Hall–Kier alpha value is -3.20. The lowest BCUT2D eigenvalue weighted by Gasteiger charge is -2.05. The van der Waals surface area contributed by atoms with Crippen LogP contribution in [0.1, 0.15) is 59.9 Å². The Bertz CT molecular complexity index is 1240. The van der Waals surface area contributed by atoms with E-state index in [4.69, 9.17) is 14.5 Å². The Labute approximate surface area is 233 Å². The summed E-state index contributed by atoms with van der Waals surface area (Å²) in [5.74, 6) is 2.60. The molecule has 0 atom stereocenters. The van der Waals surface area contributed by atoms with Crippen molar-refractivity contribution in [2.75, 3.05) is 0 Å². The highest BCUT2D eigenvalue weighted by Gasteiger charge is 2.15. The molecule has 0 aliphatic rings. The predicted molar refractivity (Wildman–Crippen MR) is 155 cm³/mol. The van der Waals surface area contributed by atoms with Crippen molar-refractivity contribution in [1.29, 1.82) is 0 Å². The zero-order valence-corrected chi connectivity index (χ0v) is 23.7. The Kier molecular flexibility index (Phi) is 13.0. The van der Waals surface area contributed by atoms with Gasteiger partial charge in [-0.25, -0.2) is 0 Å². The zero-order chi connectivity index (χ0) is 28.1. The van der Waals surface area contributed by atoms with Gasteiger partial charge in [0.05, 0.1) is 0 Å². The van der Waals surface area contributed by atoms with Gasteiger partial charge in [0.1, 0.15) is 11.4 Å². The molecule has 6 nitrogen and oxygen atoms in total. The van der Waals surface area contributed by atoms with Crippen LogP contribution in [0.25, 0.3) is 11.3 Å². The Morgan fingerprint density at radius 3 is 1.58 bits per heavy atom. The SMILES string of the molecule is CC(C)Cc1ccc(-c2ccc(C=O)o2)cc1.CC(C)Cc1ccc(Br)cc1.O=Cc1ccc(B(O)O)o1. The zero-order valence-electron chi connectivity index (χ0n) is 22.1. The van der Waals surface area contributed by atoms with E-state index in [1.165, 1.54) is 29.7 Å². The van der Waals surface area contributed by atoms with Crippen LogP contribution < -0.4 is 5.66 Å². The molecule has 2 aromatic heterocycles. The van der Waals surface area contributed by atoms with Crippen LogP contribution in [0, 0.1) is 11.8 Å². The van der Waals surface area contributed by atoms with Gasteiger partial charge < -0.3 is 18.9 Å². The highest BCUT2D eigenvalue weighted by molar-refractivity contribution is 9.10. The third kappa shape index (κ3) is 11.0. The lowest BCUT2D eigenvalue weighted by molar-refractivity contribution is 0.109. The van der Waals surface area contributed by atoms with Crippen molar-refractivity contribution in [3.63, 3.8) is 0 Å². The number of halogens is 1. The molecular weight excluding hydrogens is 547 g/mol. The van der Waals surface area contributed by atoms with Gasteiger partial charge in [-0.2, -0.15) is 0 Å². The number of rotatable bonds is 8. The smallest absolute Gasteiger partial charge is 0.462 e. The van der Waals surface area contributed by atoms with E-state index in [0.717, 1.165) is 34.4 Å². The Morgan fingerprint density at radius 1 is 0.711 bits per heavy atom. The van der Waals surface area contributed by atoms with E-state index in [1.54, 1.807) is 6.07 Å². The molecule has 0 amide bonds. The maximum absolute atomic E-state index is 10.5. The first-order valence-corrected chi connectivity index (χ1v) is 13.2. The molecule has 38 heavy (non-hydrogen) atoms. The van der Waals surface area contributed by atoms with Crippen molar-refractivity contribution >= 4 is 41.3 Å². The Morgan fingerprint density at radius 2 is 1.18 bits per heavy atom. The van der Waals surface area contributed by atoms with E-state index in [-0.39, 0.29) is 11.4 Å². The Balaban J connectivity index is 0.000000211. The van der Waals surface area contributed by atoms with Crippen LogP contribution in [0.15, 0.2) is 86.1 Å². The van der Waals surface area contributed by atoms with Gasteiger partial charge in [-0.1, -0.05) is 80.0 Å². The summed E-state index contributed by atoms with van der Waals surface area (Å²) in [7, 11) is -1.64. The molecule has 0 unspecified atom stereocenters. The van der Waals surface area contributed by atoms with Crippen molar-refractivity contribution in [3.8, 4) is 11.3 Å². The topological polar surface area (TPSA) is 101 Å². The van der Waals surface area contributed by atoms with E-state index in [2.05, 4.69) is 84.4 Å². The van der Waals surface area contributed by atoms with E-state index >= 15 is 0 Å². The van der Waals surface area contributed by atoms with Gasteiger partial charge in [-0.3, -0.25) is 9.59 Å². The molecular formula is C30H34BBrO6. The second-order valence-corrected chi connectivity index (χ2v) is 10.5. The van der Waals surface area contributed by atoms with E-state index in [9.17, 15) is 9.59 Å². The molecule has 8 heteroatoms. The van der Waals surface area contributed by atoms with Crippen LogP contribution in [0.2, 0.25) is 0 Å². The number of hydrogen-bond acceptors (Lipinski definition) is 6. The average Bonchev–Trinajstić information content (AvgIpc) is 3.56. The molecule has 0 saturated heterocycles. The van der Waals surface area contributed by atoms with Gasteiger partial charge in [-0.05, 0) is 72.2 Å². The normalized spacial score (nSPS) is 10.3. The molecule has 0 aliphatic heterocycles. The minimum Gasteiger partial charge on any atom is -0.462 e. The summed E-state index contributed by atoms with van der Waals surface area (Å²) in [5.41, 5.74) is 3.72. The van der Waals surface area contributed by atoms with Crippen molar-refractivity contribution in [2.45, 2.75) is 40.5 Å². The summed E-state index contributed by atoms with van der Waals surface area (Å²) >= 11 is 3.41. The largest absolute Gasteiger partial charge is 0.526 e. The fraction of sp³-hybridized carbons (Fsp3) is 0.267. The van der Waals surface area contributed by atoms with Crippen LogP contribution in [-0.4, -0.2) is 29.7 Å². The number of hydrogen-bond donors (Lipinski definition) is 2. The second-order valence-electron chi connectivity index (χ2n) is 9.57. The van der Waals surface area contributed by atoms with E-state index in [0.29, 0.717) is 18.0 Å². The summed E-state index contributed by atoms with van der Waals surface area (Å²) in [4.78, 5) is 20.5. The molecule has 0 aliphatic carbocycles. The molecule has 0 saturated carbocycles. The molecule has 0 radical (unpaired) electrons. The maximum atomic E-state index is 10.5. The summed E-state index contributed by atoms with van der Waals surface area (Å²) < 4.78 is 11.2. The van der Waals surface area contributed by atoms with Gasteiger partial charge in [0.15, 0.2) is 24.1 Å². The lowest BCUT2D eigenvalue weighted by Crippen LogP contribution is -2.27. The maximum Gasteiger partial charge on any atom is 0.526 e. The van der Waals surface area contributed by atoms with Crippen molar-refractivity contribution < 1.29 is 28.5 Å². The molecule has 2 aromatic carbocycles. The van der Waals surface area contributed by atoms with Gasteiger partial charge in [0, 0.05) is 10.0 Å². The fourth-order valence-electron chi connectivity index (χ4n) is 3.51. The quantitative estimate of drug-likeness (QED) is 0.185. The first-order valence-electron chi connectivity index (χ1n) is 12.4. The number of carbonyl (C=O) groups is 2. The van der Waals surface area contributed by atoms with Gasteiger partial charge in [0.2, 0.25) is 0 Å². The summed E-state index contributed by atoms with van der Waals surface area (Å²) in [6.07, 6.45) is 3.47. The number of furan rings is 2. The van der Waals surface area contributed by atoms with Crippen molar-refractivity contribution in [1.82, 2.24) is 0 Å². The molecule has 0 fully saturated rings. The monoisotopic (exact) mass is 580 g/mol. The molecule has 4 aromatic rings. The van der Waals surface area contributed by atoms with Crippen LogP contribution in [0.3, 0.4) is 0 Å². The second kappa shape index (κ2) is 15.9. The van der Waals surface area contributed by atoms with E-state index < -0.39 is 7.12 Å². The molecule has 4 rings (SSSR count). The van der Waals surface area contributed by atoms with Gasteiger partial charge >= 0.3 is 7.12 Å². The van der Waals surface area contributed by atoms with Gasteiger partial charge in [-0.15, -0.1) is 0 Å². The number of carbonyl (C=O) groups excluding carboxylic acids is 2. The standard InChI is InChI=1S/C15H16O2.C10H13Br.C5H5BO4/c1-11(2)9-12-3-5-13(6-4-12)15-8-7-14(10-16)17-15;1-8(2)7-9-3-5-10(11)6-4-9;7-3-4-1-2-5(10-4)6(8)9/h3-8,10-11H,9H2,1-2H3;3-6,8H,7H2,1-2H3;1-3,8-9H. The summed E-state index contributed by atoms with van der Waals surface area (Å²) in [6.45, 7) is 8.89. The highest BCUT2D eigenvalue weighted by Crippen LogP contribution is 2.22. The first-order chi connectivity index (χ1) is 18.1. The third-order valence-electron chi connectivity index (χ3n) is 5.20. The molecule has 200 valence electrons. The fourth-order valence-corrected chi connectivity index (χ4v) is 3.77. The van der Waals surface area contributed by atoms with Crippen LogP contribution in [-0.2, 0) is 12.8 Å². The molecule has 0 spiro atoms. The third-order valence-corrected chi connectivity index (χ3v) is 5.73. The van der Waals surface area contributed by atoms with Crippen molar-refractivity contribution in [3.05, 3.63) is 99.9 Å². The minimum absolute atomic E-state index is 0.0258. The van der Waals surface area contributed by atoms with Crippen LogP contribution >= 0.6 is 15.9 Å². The first kappa shape index (κ1) is 31.0. The molecule has 0 bridgehead atoms. The number of aldehydes is 2.